The molecule has 0 saturated heterocycles. The average Bonchev–Trinajstić information content (AvgIpc) is 2.49. The molecule has 3 heteroatoms. The molecule has 0 aromatic heterocycles. The van der Waals surface area contributed by atoms with Gasteiger partial charge in [-0.25, -0.2) is 0 Å². The monoisotopic (exact) mass is 328 g/mol. The van der Waals surface area contributed by atoms with Crippen LogP contribution in [0.25, 0.3) is 0 Å². The van der Waals surface area contributed by atoms with E-state index in [1.165, 1.54) is 0 Å². The topological polar surface area (TPSA) is 41.5 Å². The standard InChI is InChI=1S/C21H32N2O/c1-10-18(22-9)13-16(5)12-17(15(3)4)14-19(11-2)23-20(24)21(6,7)8/h10-12,14H,1,3,13H2,2,4-9H3,(H,23,24)/b16-12+,17-14-,19-11?,22-18?. The van der Waals surface area contributed by atoms with E-state index in [9.17, 15) is 4.79 Å². The molecule has 0 aromatic carbocycles. The Balaban J connectivity index is 5.50. The smallest absolute Gasteiger partial charge is 0.229 e. The van der Waals surface area contributed by atoms with Gasteiger partial charge in [0.05, 0.1) is 0 Å². The zero-order valence-corrected chi connectivity index (χ0v) is 16.3. The first-order valence-electron chi connectivity index (χ1n) is 8.15. The van der Waals surface area contributed by atoms with Crippen LogP contribution in [0.15, 0.2) is 64.9 Å². The van der Waals surface area contributed by atoms with Crippen molar-refractivity contribution in [2.24, 2.45) is 10.4 Å². The number of carbonyl (C=O) groups is 1. The first-order chi connectivity index (χ1) is 11.0. The van der Waals surface area contributed by atoms with E-state index >= 15 is 0 Å². The predicted molar refractivity (Wildman–Crippen MR) is 106 cm³/mol. The largest absolute Gasteiger partial charge is 0.326 e. The van der Waals surface area contributed by atoms with Gasteiger partial charge in [-0.15, -0.1) is 0 Å². The molecule has 0 aliphatic heterocycles. The predicted octanol–water partition coefficient (Wildman–Crippen LogP) is 5.15. The molecule has 1 amide bonds. The van der Waals surface area contributed by atoms with Crippen LogP contribution in [0.5, 0.6) is 0 Å². The molecule has 0 aliphatic carbocycles. The van der Waals surface area contributed by atoms with Crippen LogP contribution in [-0.2, 0) is 4.79 Å². The summed E-state index contributed by atoms with van der Waals surface area (Å²) in [4.78, 5) is 16.4. The molecule has 0 fully saturated rings. The van der Waals surface area contributed by atoms with Crippen molar-refractivity contribution in [3.63, 3.8) is 0 Å². The van der Waals surface area contributed by atoms with Crippen LogP contribution in [0.3, 0.4) is 0 Å². The summed E-state index contributed by atoms with van der Waals surface area (Å²) >= 11 is 0. The quantitative estimate of drug-likeness (QED) is 0.510. The van der Waals surface area contributed by atoms with E-state index < -0.39 is 5.41 Å². The summed E-state index contributed by atoms with van der Waals surface area (Å²) < 4.78 is 0. The number of nitrogens with one attached hydrogen (secondary N) is 1. The number of hydrogen-bond donors (Lipinski definition) is 1. The summed E-state index contributed by atoms with van der Waals surface area (Å²) in [5, 5.41) is 2.96. The fraction of sp³-hybridized carbons (Fsp3) is 0.429. The van der Waals surface area contributed by atoms with Crippen LogP contribution in [0.1, 0.15) is 48.0 Å². The van der Waals surface area contributed by atoms with Gasteiger partial charge in [0.25, 0.3) is 0 Å². The van der Waals surface area contributed by atoms with Gasteiger partial charge >= 0.3 is 0 Å². The van der Waals surface area contributed by atoms with E-state index in [1.807, 2.05) is 46.8 Å². The van der Waals surface area contributed by atoms with Gasteiger partial charge in [-0.1, -0.05) is 57.2 Å². The molecule has 0 heterocycles. The van der Waals surface area contributed by atoms with E-state index in [-0.39, 0.29) is 5.91 Å². The molecular formula is C21H32N2O. The summed E-state index contributed by atoms with van der Waals surface area (Å²) in [6.45, 7) is 19.4. The van der Waals surface area contributed by atoms with Crippen LogP contribution in [-0.4, -0.2) is 18.7 Å². The van der Waals surface area contributed by atoms with Crippen LogP contribution >= 0.6 is 0 Å². The van der Waals surface area contributed by atoms with Gasteiger partial charge in [0.15, 0.2) is 0 Å². The van der Waals surface area contributed by atoms with Crippen molar-refractivity contribution in [1.82, 2.24) is 5.32 Å². The number of carbonyl (C=O) groups excluding carboxylic acids is 1. The van der Waals surface area contributed by atoms with Gasteiger partial charge in [0.2, 0.25) is 5.91 Å². The Bertz CT molecular complexity index is 608. The van der Waals surface area contributed by atoms with Crippen molar-refractivity contribution in [3.05, 3.63) is 59.9 Å². The Kier molecular flexibility index (Phi) is 8.97. The Morgan fingerprint density at radius 2 is 1.79 bits per heavy atom. The first kappa shape index (κ1) is 21.8. The third kappa shape index (κ3) is 7.91. The van der Waals surface area contributed by atoms with Gasteiger partial charge in [-0.2, -0.15) is 0 Å². The molecule has 24 heavy (non-hydrogen) atoms. The van der Waals surface area contributed by atoms with Crippen molar-refractivity contribution < 1.29 is 4.79 Å². The van der Waals surface area contributed by atoms with Crippen LogP contribution in [0.4, 0.5) is 0 Å². The molecule has 0 bridgehead atoms. The summed E-state index contributed by atoms with van der Waals surface area (Å²) in [6, 6.07) is 0. The van der Waals surface area contributed by atoms with Gasteiger partial charge in [-0.3, -0.25) is 9.79 Å². The lowest BCUT2D eigenvalue weighted by Crippen LogP contribution is -2.33. The second-order valence-electron chi connectivity index (χ2n) is 6.91. The minimum atomic E-state index is -0.437. The molecule has 0 spiro atoms. The van der Waals surface area contributed by atoms with Crippen LogP contribution in [0.2, 0.25) is 0 Å². The SMILES string of the molecule is C=CC(C/C(C)=C/C(=C/C(=CC)NC(=O)C(C)(C)C)C(=C)C)=NC. The molecule has 0 rings (SSSR count). The number of allylic oxidation sites excluding steroid dienone is 7. The van der Waals surface area contributed by atoms with E-state index in [2.05, 4.69) is 36.5 Å². The normalized spacial score (nSPS) is 14.5. The lowest BCUT2D eigenvalue weighted by molar-refractivity contribution is -0.127. The van der Waals surface area contributed by atoms with Crippen LogP contribution in [0, 0.1) is 5.41 Å². The summed E-state index contributed by atoms with van der Waals surface area (Å²) in [6.07, 6.45) is 8.42. The maximum atomic E-state index is 12.2. The first-order valence-corrected chi connectivity index (χ1v) is 8.15. The van der Waals surface area contributed by atoms with Gasteiger partial charge in [-0.05, 0) is 38.5 Å². The molecule has 0 aromatic rings. The van der Waals surface area contributed by atoms with Gasteiger partial charge in [0.1, 0.15) is 0 Å². The lowest BCUT2D eigenvalue weighted by Gasteiger charge is -2.18. The lowest BCUT2D eigenvalue weighted by atomic mass is 9.95. The molecule has 1 N–H and O–H groups in total. The Morgan fingerprint density at radius 3 is 2.17 bits per heavy atom. The number of hydrogen-bond acceptors (Lipinski definition) is 2. The number of aliphatic imine (C=N–C) groups is 1. The Labute approximate surface area is 147 Å². The average molecular weight is 329 g/mol. The fourth-order valence-corrected chi connectivity index (χ4v) is 1.81. The molecule has 0 unspecified atom stereocenters. The zero-order chi connectivity index (χ0) is 18.9. The fourth-order valence-electron chi connectivity index (χ4n) is 1.81. The maximum absolute atomic E-state index is 12.2. The number of amides is 1. The highest BCUT2D eigenvalue weighted by atomic mass is 16.2. The second kappa shape index (κ2) is 9.86. The number of nitrogens with zero attached hydrogens (tertiary/aromatic N) is 1. The summed E-state index contributed by atoms with van der Waals surface area (Å²) in [7, 11) is 1.76. The van der Waals surface area contributed by atoms with Crippen molar-refractivity contribution in [2.75, 3.05) is 7.05 Å². The minimum Gasteiger partial charge on any atom is -0.326 e. The number of rotatable bonds is 7. The third-order valence-electron chi connectivity index (χ3n) is 3.44. The Morgan fingerprint density at radius 1 is 1.21 bits per heavy atom. The van der Waals surface area contributed by atoms with E-state index in [0.717, 1.165) is 34.5 Å². The van der Waals surface area contributed by atoms with Gasteiger partial charge < -0.3 is 5.32 Å². The molecule has 0 saturated carbocycles. The summed E-state index contributed by atoms with van der Waals surface area (Å²) in [5.74, 6) is -0.0133. The highest BCUT2D eigenvalue weighted by molar-refractivity contribution is 5.96. The van der Waals surface area contributed by atoms with E-state index in [4.69, 9.17) is 0 Å². The van der Waals surface area contributed by atoms with Crippen molar-refractivity contribution in [3.8, 4) is 0 Å². The molecule has 0 atom stereocenters. The molecule has 0 radical (unpaired) electrons. The van der Waals surface area contributed by atoms with E-state index in [0.29, 0.717) is 0 Å². The molecule has 3 nitrogen and oxygen atoms in total. The minimum absolute atomic E-state index is 0.0133. The second-order valence-corrected chi connectivity index (χ2v) is 6.91. The van der Waals surface area contributed by atoms with Crippen molar-refractivity contribution >= 4 is 11.6 Å². The molecular weight excluding hydrogens is 296 g/mol. The third-order valence-corrected chi connectivity index (χ3v) is 3.44. The van der Waals surface area contributed by atoms with E-state index in [1.54, 1.807) is 13.1 Å². The van der Waals surface area contributed by atoms with Gasteiger partial charge in [0, 0.05) is 30.3 Å². The molecule has 132 valence electrons. The molecule has 0 aliphatic rings. The zero-order valence-electron chi connectivity index (χ0n) is 16.3. The maximum Gasteiger partial charge on any atom is 0.229 e. The highest BCUT2D eigenvalue weighted by Crippen LogP contribution is 2.18. The summed E-state index contributed by atoms with van der Waals surface area (Å²) in [5.41, 5.74) is 4.35. The highest BCUT2D eigenvalue weighted by Gasteiger charge is 2.21. The van der Waals surface area contributed by atoms with Crippen molar-refractivity contribution in [1.29, 1.82) is 0 Å². The van der Waals surface area contributed by atoms with Crippen molar-refractivity contribution in [2.45, 2.75) is 48.0 Å². The Hall–Kier alpha value is -2.16. The van der Waals surface area contributed by atoms with Crippen LogP contribution < -0.4 is 5.32 Å².